The van der Waals surface area contributed by atoms with Crippen LogP contribution in [-0.2, 0) is 11.3 Å². The molecular weight excluding hydrogens is 266 g/mol. The molecule has 0 saturated heterocycles. The predicted molar refractivity (Wildman–Crippen MR) is 81.2 cm³/mol. The summed E-state index contributed by atoms with van der Waals surface area (Å²) in [6, 6.07) is 19.0. The van der Waals surface area contributed by atoms with E-state index < -0.39 is 6.09 Å². The Balaban J connectivity index is 1.52. The molecule has 0 unspecified atom stereocenters. The number of nitrogens with one attached hydrogen (secondary N) is 1. The molecule has 0 spiro atoms. The van der Waals surface area contributed by atoms with Gasteiger partial charge in [-0.05, 0) is 24.1 Å². The molecule has 0 aliphatic heterocycles. The third-order valence-corrected chi connectivity index (χ3v) is 2.80. The highest BCUT2D eigenvalue weighted by atomic mass is 16.6. The third-order valence-electron chi connectivity index (χ3n) is 2.80. The van der Waals surface area contributed by atoms with Gasteiger partial charge in [-0.1, -0.05) is 48.5 Å². The number of hydrogen-bond acceptors (Lipinski definition) is 3. The van der Waals surface area contributed by atoms with Gasteiger partial charge < -0.3 is 14.8 Å². The molecule has 0 heterocycles. The first kappa shape index (κ1) is 15.1. The smallest absolute Gasteiger partial charge is 0.410 e. The maximum atomic E-state index is 11.5. The minimum Gasteiger partial charge on any atom is -0.410 e. The molecule has 0 aromatic heterocycles. The van der Waals surface area contributed by atoms with Gasteiger partial charge in [0.1, 0.15) is 5.75 Å². The summed E-state index contributed by atoms with van der Waals surface area (Å²) in [5.41, 5.74) is 1.15. The van der Waals surface area contributed by atoms with Crippen LogP contribution in [0.25, 0.3) is 0 Å². The summed E-state index contributed by atoms with van der Waals surface area (Å²) >= 11 is 0. The lowest BCUT2D eigenvalue weighted by atomic mass is 10.2. The van der Waals surface area contributed by atoms with Gasteiger partial charge in [0.15, 0.2) is 0 Å². The first-order chi connectivity index (χ1) is 10.3. The van der Waals surface area contributed by atoms with Crippen molar-refractivity contribution in [3.8, 4) is 5.75 Å². The van der Waals surface area contributed by atoms with E-state index in [2.05, 4.69) is 5.32 Å². The Morgan fingerprint density at radius 3 is 2.33 bits per heavy atom. The van der Waals surface area contributed by atoms with Gasteiger partial charge in [0.05, 0.1) is 6.61 Å². The summed E-state index contributed by atoms with van der Waals surface area (Å²) in [6.07, 6.45) is 0.306. The van der Waals surface area contributed by atoms with Crippen molar-refractivity contribution >= 4 is 6.09 Å². The highest BCUT2D eigenvalue weighted by Gasteiger charge is 2.02. The van der Waals surface area contributed by atoms with Crippen molar-refractivity contribution < 1.29 is 14.3 Å². The van der Waals surface area contributed by atoms with Crippen LogP contribution < -0.4 is 10.1 Å². The van der Waals surface area contributed by atoms with E-state index in [1.165, 1.54) is 0 Å². The Labute approximate surface area is 124 Å². The number of hydrogen-bond donors (Lipinski definition) is 1. The zero-order valence-electron chi connectivity index (χ0n) is 11.8. The molecule has 1 amide bonds. The predicted octanol–water partition coefficient (Wildman–Crippen LogP) is 3.38. The van der Waals surface area contributed by atoms with Gasteiger partial charge in [0.25, 0.3) is 0 Å². The first-order valence-electron chi connectivity index (χ1n) is 6.97. The highest BCUT2D eigenvalue weighted by Crippen LogP contribution is 2.08. The Morgan fingerprint density at radius 2 is 1.62 bits per heavy atom. The summed E-state index contributed by atoms with van der Waals surface area (Å²) in [5, 5.41) is 2.69. The van der Waals surface area contributed by atoms with Crippen LogP contribution in [0.4, 0.5) is 4.79 Å². The Morgan fingerprint density at radius 1 is 0.952 bits per heavy atom. The van der Waals surface area contributed by atoms with Crippen LogP contribution in [-0.4, -0.2) is 19.2 Å². The van der Waals surface area contributed by atoms with Crippen molar-refractivity contribution in [2.45, 2.75) is 13.0 Å². The molecule has 0 fully saturated rings. The van der Waals surface area contributed by atoms with Crippen LogP contribution in [0, 0.1) is 0 Å². The van der Waals surface area contributed by atoms with E-state index in [0.717, 1.165) is 12.0 Å². The fourth-order valence-corrected chi connectivity index (χ4v) is 1.76. The number of rotatable bonds is 7. The lowest BCUT2D eigenvalue weighted by Gasteiger charge is -2.07. The Bertz CT molecular complexity index is 528. The van der Waals surface area contributed by atoms with Crippen molar-refractivity contribution in [1.82, 2.24) is 5.32 Å². The van der Waals surface area contributed by atoms with E-state index in [1.807, 2.05) is 48.5 Å². The van der Waals surface area contributed by atoms with E-state index in [1.54, 1.807) is 12.1 Å². The van der Waals surface area contributed by atoms with E-state index in [0.29, 0.717) is 25.5 Å². The molecular formula is C17H19NO3. The van der Waals surface area contributed by atoms with E-state index >= 15 is 0 Å². The average molecular weight is 285 g/mol. The van der Waals surface area contributed by atoms with E-state index in [-0.39, 0.29) is 0 Å². The van der Waals surface area contributed by atoms with Gasteiger partial charge in [0.2, 0.25) is 0 Å². The minimum atomic E-state index is -0.441. The van der Waals surface area contributed by atoms with Gasteiger partial charge >= 0.3 is 6.09 Å². The second kappa shape index (κ2) is 8.76. The molecule has 2 rings (SSSR count). The Hall–Kier alpha value is -2.33. The number of ether oxygens (including phenoxy) is 2. The fraction of sp³-hybridized carbons (Fsp3) is 0.235. The average Bonchev–Trinajstić information content (AvgIpc) is 2.53. The lowest BCUT2D eigenvalue weighted by Crippen LogP contribution is -2.28. The molecule has 21 heavy (non-hydrogen) atoms. The van der Waals surface area contributed by atoms with Crippen LogP contribution >= 0.6 is 0 Å². The number of carbonyl (C=O) groups is 1. The van der Waals surface area contributed by atoms with Gasteiger partial charge in [-0.15, -0.1) is 0 Å². The van der Waals surface area contributed by atoms with Crippen molar-refractivity contribution in [3.05, 3.63) is 66.2 Å². The molecule has 2 aromatic carbocycles. The first-order valence-corrected chi connectivity index (χ1v) is 6.97. The standard InChI is InChI=1S/C17H19NO3/c19-17(21-16-10-5-2-6-11-16)18-12-7-13-20-14-15-8-3-1-4-9-15/h1-6,8-11H,7,12-14H2,(H,18,19). The monoisotopic (exact) mass is 285 g/mol. The Kier molecular flexibility index (Phi) is 6.29. The van der Waals surface area contributed by atoms with Crippen molar-refractivity contribution in [3.63, 3.8) is 0 Å². The molecule has 0 aliphatic carbocycles. The largest absolute Gasteiger partial charge is 0.412 e. The van der Waals surface area contributed by atoms with Crippen molar-refractivity contribution in [2.75, 3.05) is 13.2 Å². The highest BCUT2D eigenvalue weighted by molar-refractivity contribution is 5.70. The minimum absolute atomic E-state index is 0.441. The number of carbonyl (C=O) groups excluding carboxylic acids is 1. The van der Waals surface area contributed by atoms with Gasteiger partial charge in [-0.25, -0.2) is 4.79 Å². The molecule has 0 bridgehead atoms. The molecule has 4 heteroatoms. The topological polar surface area (TPSA) is 47.6 Å². The second-order valence-corrected chi connectivity index (χ2v) is 4.52. The molecule has 0 saturated carbocycles. The molecule has 110 valence electrons. The normalized spacial score (nSPS) is 10.1. The molecule has 4 nitrogen and oxygen atoms in total. The molecule has 0 atom stereocenters. The number of para-hydroxylation sites is 1. The molecule has 0 aliphatic rings. The van der Waals surface area contributed by atoms with E-state index in [9.17, 15) is 4.79 Å². The summed E-state index contributed by atoms with van der Waals surface area (Å²) in [7, 11) is 0. The van der Waals surface area contributed by atoms with Crippen LogP contribution in [0.3, 0.4) is 0 Å². The quantitative estimate of drug-likeness (QED) is 0.793. The van der Waals surface area contributed by atoms with Gasteiger partial charge in [-0.3, -0.25) is 0 Å². The summed E-state index contributed by atoms with van der Waals surface area (Å²) in [5.74, 6) is 0.537. The lowest BCUT2D eigenvalue weighted by molar-refractivity contribution is 0.118. The zero-order valence-corrected chi connectivity index (χ0v) is 11.8. The van der Waals surface area contributed by atoms with Gasteiger partial charge in [0, 0.05) is 13.2 Å². The fourth-order valence-electron chi connectivity index (χ4n) is 1.76. The summed E-state index contributed by atoms with van der Waals surface area (Å²) in [6.45, 7) is 1.72. The van der Waals surface area contributed by atoms with Crippen LogP contribution in [0.1, 0.15) is 12.0 Å². The molecule has 1 N–H and O–H groups in total. The summed E-state index contributed by atoms with van der Waals surface area (Å²) < 4.78 is 10.6. The van der Waals surface area contributed by atoms with Crippen LogP contribution in [0.15, 0.2) is 60.7 Å². The summed E-state index contributed by atoms with van der Waals surface area (Å²) in [4.78, 5) is 11.5. The number of benzene rings is 2. The SMILES string of the molecule is O=C(NCCCOCc1ccccc1)Oc1ccccc1. The van der Waals surface area contributed by atoms with Gasteiger partial charge in [-0.2, -0.15) is 0 Å². The van der Waals surface area contributed by atoms with Crippen molar-refractivity contribution in [2.24, 2.45) is 0 Å². The second-order valence-electron chi connectivity index (χ2n) is 4.52. The molecule has 0 radical (unpaired) electrons. The molecule has 2 aromatic rings. The maximum Gasteiger partial charge on any atom is 0.412 e. The van der Waals surface area contributed by atoms with Crippen LogP contribution in [0.2, 0.25) is 0 Å². The van der Waals surface area contributed by atoms with Crippen LogP contribution in [0.5, 0.6) is 5.75 Å². The van der Waals surface area contributed by atoms with E-state index in [4.69, 9.17) is 9.47 Å². The zero-order chi connectivity index (χ0) is 14.8. The third kappa shape index (κ3) is 6.10. The maximum absolute atomic E-state index is 11.5. The van der Waals surface area contributed by atoms with Crippen molar-refractivity contribution in [1.29, 1.82) is 0 Å². The number of amides is 1.